The summed E-state index contributed by atoms with van der Waals surface area (Å²) < 4.78 is 31.5. The highest BCUT2D eigenvalue weighted by Crippen LogP contribution is 2.42. The minimum Gasteiger partial charge on any atom is -0.469 e. The van der Waals surface area contributed by atoms with Crippen LogP contribution in [0.25, 0.3) is 0 Å². The van der Waals surface area contributed by atoms with Crippen LogP contribution in [0.1, 0.15) is 45.5 Å². The molecule has 0 saturated carbocycles. The van der Waals surface area contributed by atoms with Crippen molar-refractivity contribution >= 4 is 29.0 Å². The molecular weight excluding hydrogens is 368 g/mol. The highest BCUT2D eigenvalue weighted by molar-refractivity contribution is 9.10. The Labute approximate surface area is 144 Å². The molecule has 1 unspecified atom stereocenters. The van der Waals surface area contributed by atoms with Crippen LogP contribution in [-0.4, -0.2) is 36.4 Å². The highest BCUT2D eigenvalue weighted by Gasteiger charge is 2.54. The van der Waals surface area contributed by atoms with Crippen LogP contribution in [0, 0.1) is 5.95 Å². The van der Waals surface area contributed by atoms with Gasteiger partial charge in [-0.25, -0.2) is 4.98 Å². The zero-order valence-electron chi connectivity index (χ0n) is 13.9. The van der Waals surface area contributed by atoms with Gasteiger partial charge < -0.3 is 14.0 Å². The van der Waals surface area contributed by atoms with Crippen molar-refractivity contribution in [3.05, 3.63) is 28.2 Å². The molecule has 1 aromatic heterocycles. The van der Waals surface area contributed by atoms with Crippen LogP contribution in [0.3, 0.4) is 0 Å². The number of hydrogen-bond donors (Lipinski definition) is 0. The number of nitrogens with zero attached hydrogens (tertiary/aromatic N) is 1. The minimum atomic E-state index is -0.773. The maximum Gasteiger partial charge on any atom is 0.466 e. The molecule has 1 atom stereocenters. The third-order valence-electron chi connectivity index (χ3n) is 4.45. The second-order valence-electron chi connectivity index (χ2n) is 6.55. The molecule has 23 heavy (non-hydrogen) atoms. The Hall–Kier alpha value is -0.985. The van der Waals surface area contributed by atoms with E-state index in [1.807, 2.05) is 27.7 Å². The molecule has 126 valence electrons. The van der Waals surface area contributed by atoms with Gasteiger partial charge in [-0.15, -0.1) is 0 Å². The van der Waals surface area contributed by atoms with Crippen molar-refractivity contribution < 1.29 is 23.2 Å². The van der Waals surface area contributed by atoms with Crippen LogP contribution >= 0.6 is 15.9 Å². The standard InChI is InChI=1S/C15H20BBrFNO4/c1-14(2)15(3,4)23-16(22-14)11(7-12(20)21-5)10-6-9(17)8-19-13(10)18/h6,8,11H,7H2,1-5H3. The number of pyridine rings is 1. The third-order valence-corrected chi connectivity index (χ3v) is 4.88. The van der Waals surface area contributed by atoms with Crippen LogP contribution in [0.4, 0.5) is 4.39 Å². The second-order valence-corrected chi connectivity index (χ2v) is 7.46. The summed E-state index contributed by atoms with van der Waals surface area (Å²) in [6.07, 6.45) is 1.29. The van der Waals surface area contributed by atoms with E-state index in [1.165, 1.54) is 13.3 Å². The van der Waals surface area contributed by atoms with Gasteiger partial charge in [0.15, 0.2) is 0 Å². The van der Waals surface area contributed by atoms with Crippen LogP contribution in [0.5, 0.6) is 0 Å². The van der Waals surface area contributed by atoms with E-state index in [4.69, 9.17) is 14.0 Å². The maximum absolute atomic E-state index is 14.2. The first-order chi connectivity index (χ1) is 10.6. The molecule has 1 aliphatic rings. The predicted molar refractivity (Wildman–Crippen MR) is 87.4 cm³/mol. The van der Waals surface area contributed by atoms with E-state index in [-0.39, 0.29) is 12.0 Å². The molecule has 0 radical (unpaired) electrons. The molecular formula is C15H20BBrFNO4. The Balaban J connectivity index is 2.40. The van der Waals surface area contributed by atoms with Gasteiger partial charge in [-0.2, -0.15) is 4.39 Å². The molecule has 0 spiro atoms. The fourth-order valence-corrected chi connectivity index (χ4v) is 2.72. The normalized spacial score (nSPS) is 20.4. The van der Waals surface area contributed by atoms with E-state index in [0.29, 0.717) is 4.47 Å². The quantitative estimate of drug-likeness (QED) is 0.450. The van der Waals surface area contributed by atoms with E-state index in [0.717, 1.165) is 0 Å². The lowest BCUT2D eigenvalue weighted by molar-refractivity contribution is -0.140. The first-order valence-electron chi connectivity index (χ1n) is 7.31. The van der Waals surface area contributed by atoms with Crippen LogP contribution < -0.4 is 0 Å². The lowest BCUT2D eigenvalue weighted by Crippen LogP contribution is -2.41. The van der Waals surface area contributed by atoms with Gasteiger partial charge in [0.05, 0.1) is 24.7 Å². The van der Waals surface area contributed by atoms with Crippen molar-refractivity contribution in [2.45, 2.75) is 51.1 Å². The monoisotopic (exact) mass is 387 g/mol. The highest BCUT2D eigenvalue weighted by atomic mass is 79.9. The van der Waals surface area contributed by atoms with E-state index in [9.17, 15) is 9.18 Å². The molecule has 0 aliphatic carbocycles. The van der Waals surface area contributed by atoms with Gasteiger partial charge >= 0.3 is 13.1 Å². The lowest BCUT2D eigenvalue weighted by atomic mass is 9.66. The Kier molecular flexibility index (Phi) is 5.18. The lowest BCUT2D eigenvalue weighted by Gasteiger charge is -2.32. The fraction of sp³-hybridized carbons (Fsp3) is 0.600. The molecule has 8 heteroatoms. The number of halogens is 2. The number of carbonyl (C=O) groups excluding carboxylic acids is 1. The smallest absolute Gasteiger partial charge is 0.466 e. The van der Waals surface area contributed by atoms with Gasteiger partial charge in [0, 0.05) is 22.1 Å². The van der Waals surface area contributed by atoms with Crippen molar-refractivity contribution in [3.63, 3.8) is 0 Å². The van der Waals surface area contributed by atoms with Gasteiger partial charge in [0.2, 0.25) is 5.95 Å². The number of aromatic nitrogens is 1. The number of esters is 1. The van der Waals surface area contributed by atoms with E-state index < -0.39 is 36.1 Å². The fourth-order valence-electron chi connectivity index (χ4n) is 2.37. The molecule has 2 heterocycles. The Morgan fingerprint density at radius 1 is 1.39 bits per heavy atom. The molecule has 1 saturated heterocycles. The maximum atomic E-state index is 14.2. The van der Waals surface area contributed by atoms with Crippen LogP contribution in [0.15, 0.2) is 16.7 Å². The summed E-state index contributed by atoms with van der Waals surface area (Å²) in [7, 11) is 0.517. The van der Waals surface area contributed by atoms with Gasteiger partial charge in [0.1, 0.15) is 0 Å². The van der Waals surface area contributed by atoms with Crippen molar-refractivity contribution in [2.24, 2.45) is 0 Å². The zero-order chi connectivity index (χ0) is 17.4. The molecule has 1 aliphatic heterocycles. The van der Waals surface area contributed by atoms with Crippen LogP contribution in [0.2, 0.25) is 0 Å². The van der Waals surface area contributed by atoms with Crippen molar-refractivity contribution in [1.29, 1.82) is 0 Å². The molecule has 0 N–H and O–H groups in total. The minimum absolute atomic E-state index is 0.0671. The first kappa shape index (κ1) is 18.4. The van der Waals surface area contributed by atoms with E-state index in [1.54, 1.807) is 6.07 Å². The number of rotatable bonds is 4. The van der Waals surface area contributed by atoms with E-state index >= 15 is 0 Å². The summed E-state index contributed by atoms with van der Waals surface area (Å²) >= 11 is 3.27. The third kappa shape index (κ3) is 3.75. The first-order valence-corrected chi connectivity index (χ1v) is 8.10. The summed E-state index contributed by atoms with van der Waals surface area (Å²) in [4.78, 5) is 15.5. The average Bonchev–Trinajstić information content (AvgIpc) is 2.67. The average molecular weight is 388 g/mol. The molecule has 0 amide bonds. The summed E-state index contributed by atoms with van der Waals surface area (Å²) in [5, 5.41) is 0. The second kappa shape index (κ2) is 6.49. The molecule has 2 rings (SSSR count). The van der Waals surface area contributed by atoms with Crippen molar-refractivity contribution in [2.75, 3.05) is 7.11 Å². The SMILES string of the molecule is COC(=O)CC(B1OC(C)(C)C(C)(C)O1)c1cc(Br)cnc1F. The van der Waals surface area contributed by atoms with Gasteiger partial charge in [0.25, 0.3) is 0 Å². The largest absolute Gasteiger partial charge is 0.469 e. The topological polar surface area (TPSA) is 57.7 Å². The van der Waals surface area contributed by atoms with Gasteiger partial charge in [-0.3, -0.25) is 4.79 Å². The molecule has 5 nitrogen and oxygen atoms in total. The van der Waals surface area contributed by atoms with Gasteiger partial charge in [-0.05, 0) is 49.7 Å². The number of methoxy groups -OCH3 is 1. The van der Waals surface area contributed by atoms with Crippen molar-refractivity contribution in [3.8, 4) is 0 Å². The Morgan fingerprint density at radius 2 is 1.96 bits per heavy atom. The zero-order valence-corrected chi connectivity index (χ0v) is 15.4. The Morgan fingerprint density at radius 3 is 2.48 bits per heavy atom. The summed E-state index contributed by atoms with van der Waals surface area (Å²) in [5.74, 6) is -1.78. The molecule has 1 fully saturated rings. The van der Waals surface area contributed by atoms with Crippen LogP contribution in [-0.2, 0) is 18.8 Å². The Bertz CT molecular complexity index is 595. The number of hydrogen-bond acceptors (Lipinski definition) is 5. The molecule has 1 aromatic rings. The summed E-state index contributed by atoms with van der Waals surface area (Å²) in [5.41, 5.74) is -0.910. The van der Waals surface area contributed by atoms with Gasteiger partial charge in [-0.1, -0.05) is 0 Å². The summed E-state index contributed by atoms with van der Waals surface area (Å²) in [6, 6.07) is 1.58. The predicted octanol–water partition coefficient (Wildman–Crippen LogP) is 3.26. The number of ether oxygens (including phenoxy) is 1. The van der Waals surface area contributed by atoms with E-state index in [2.05, 4.69) is 20.9 Å². The number of carbonyl (C=O) groups is 1. The summed E-state index contributed by atoms with van der Waals surface area (Å²) in [6.45, 7) is 7.60. The molecule has 0 aromatic carbocycles. The van der Waals surface area contributed by atoms with Crippen molar-refractivity contribution in [1.82, 2.24) is 4.98 Å². The molecule has 0 bridgehead atoms.